The Morgan fingerprint density at radius 2 is 2.16 bits per heavy atom. The van der Waals surface area contributed by atoms with Crippen LogP contribution in [0, 0.1) is 0 Å². The fraction of sp³-hybridized carbons (Fsp3) is 0.267. The van der Waals surface area contributed by atoms with E-state index in [2.05, 4.69) is 44.4 Å². The van der Waals surface area contributed by atoms with Gasteiger partial charge >= 0.3 is 0 Å². The van der Waals surface area contributed by atoms with Crippen LogP contribution in [0.25, 0.3) is 0 Å². The summed E-state index contributed by atoms with van der Waals surface area (Å²) in [4.78, 5) is 5.54. The van der Waals surface area contributed by atoms with Crippen LogP contribution >= 0.6 is 27.7 Å². The molecule has 0 amide bonds. The second-order valence-corrected chi connectivity index (χ2v) is 6.61. The molecular formula is C15H15BrN2S. The number of rotatable bonds is 5. The number of nitrogens with zero attached hydrogens (tertiary/aromatic N) is 1. The van der Waals surface area contributed by atoms with Crippen molar-refractivity contribution in [2.45, 2.75) is 35.3 Å². The lowest BCUT2D eigenvalue weighted by atomic mass is 10.2. The minimum Gasteiger partial charge on any atom is -0.310 e. The van der Waals surface area contributed by atoms with Crippen LogP contribution in [0.1, 0.15) is 18.4 Å². The Morgan fingerprint density at radius 1 is 1.26 bits per heavy atom. The molecule has 1 heterocycles. The lowest BCUT2D eigenvalue weighted by molar-refractivity contribution is 0.687. The van der Waals surface area contributed by atoms with Gasteiger partial charge in [0.05, 0.1) is 0 Å². The molecule has 1 N–H and O–H groups in total. The normalized spacial score (nSPS) is 14.6. The van der Waals surface area contributed by atoms with Crippen molar-refractivity contribution in [2.24, 2.45) is 0 Å². The summed E-state index contributed by atoms with van der Waals surface area (Å²) >= 11 is 5.33. The van der Waals surface area contributed by atoms with Crippen LogP contribution in [0.4, 0.5) is 0 Å². The lowest BCUT2D eigenvalue weighted by Gasteiger charge is -2.07. The summed E-state index contributed by atoms with van der Waals surface area (Å²) in [7, 11) is 0. The zero-order valence-corrected chi connectivity index (χ0v) is 12.9. The van der Waals surface area contributed by atoms with Crippen LogP contribution in [0.3, 0.4) is 0 Å². The van der Waals surface area contributed by atoms with Gasteiger partial charge in [-0.05, 0) is 58.6 Å². The monoisotopic (exact) mass is 334 g/mol. The average Bonchev–Trinajstić information content (AvgIpc) is 3.25. The number of hydrogen-bond donors (Lipinski definition) is 1. The van der Waals surface area contributed by atoms with Gasteiger partial charge in [-0.25, -0.2) is 4.98 Å². The third-order valence-electron chi connectivity index (χ3n) is 3.02. The molecule has 3 rings (SSSR count). The molecular weight excluding hydrogens is 320 g/mol. The van der Waals surface area contributed by atoms with Crippen molar-refractivity contribution in [3.05, 3.63) is 52.6 Å². The van der Waals surface area contributed by atoms with Crippen LogP contribution in [0.15, 0.2) is 57.0 Å². The molecule has 1 aliphatic rings. The van der Waals surface area contributed by atoms with E-state index in [0.717, 1.165) is 22.1 Å². The Hall–Kier alpha value is -0.840. The number of aromatic nitrogens is 1. The smallest absolute Gasteiger partial charge is 0.101 e. The molecule has 0 unspecified atom stereocenters. The second kappa shape index (κ2) is 6.07. The summed E-state index contributed by atoms with van der Waals surface area (Å²) in [6, 6.07) is 13.3. The van der Waals surface area contributed by atoms with Gasteiger partial charge in [-0.1, -0.05) is 23.9 Å². The summed E-state index contributed by atoms with van der Waals surface area (Å²) in [5, 5.41) is 4.55. The predicted octanol–water partition coefficient (Wildman–Crippen LogP) is 4.25. The molecule has 98 valence electrons. The highest BCUT2D eigenvalue weighted by molar-refractivity contribution is 9.10. The van der Waals surface area contributed by atoms with Crippen LogP contribution in [0.5, 0.6) is 0 Å². The van der Waals surface area contributed by atoms with E-state index in [-0.39, 0.29) is 0 Å². The molecule has 0 saturated heterocycles. The van der Waals surface area contributed by atoms with Crippen molar-refractivity contribution in [3.63, 3.8) is 0 Å². The van der Waals surface area contributed by atoms with Gasteiger partial charge in [0.15, 0.2) is 0 Å². The zero-order chi connectivity index (χ0) is 13.1. The first-order valence-corrected chi connectivity index (χ1v) is 8.03. The number of halogens is 1. The second-order valence-electron chi connectivity index (χ2n) is 4.69. The van der Waals surface area contributed by atoms with E-state index in [9.17, 15) is 0 Å². The fourth-order valence-corrected chi connectivity index (χ4v) is 3.25. The Kier molecular flexibility index (Phi) is 4.21. The molecule has 0 spiro atoms. The van der Waals surface area contributed by atoms with E-state index < -0.39 is 0 Å². The third-order valence-corrected chi connectivity index (χ3v) is 4.97. The summed E-state index contributed by atoms with van der Waals surface area (Å²) in [5.74, 6) is 0. The van der Waals surface area contributed by atoms with Crippen LogP contribution in [-0.2, 0) is 6.54 Å². The Morgan fingerprint density at radius 3 is 2.84 bits per heavy atom. The van der Waals surface area contributed by atoms with E-state index in [0.29, 0.717) is 0 Å². The molecule has 0 aliphatic heterocycles. The molecule has 1 aromatic heterocycles. The minimum absolute atomic E-state index is 0.751. The SMILES string of the molecule is Brc1cc(CNC2CC2)ccc1Sc1ccccn1. The van der Waals surface area contributed by atoms with E-state index in [1.807, 2.05) is 24.4 Å². The molecule has 2 nitrogen and oxygen atoms in total. The van der Waals surface area contributed by atoms with Gasteiger partial charge in [0.25, 0.3) is 0 Å². The quantitative estimate of drug-likeness (QED) is 0.884. The molecule has 1 fully saturated rings. The lowest BCUT2D eigenvalue weighted by Crippen LogP contribution is -2.15. The van der Waals surface area contributed by atoms with Crippen molar-refractivity contribution in [2.75, 3.05) is 0 Å². The number of benzene rings is 1. The van der Waals surface area contributed by atoms with E-state index in [1.54, 1.807) is 11.8 Å². The molecule has 0 radical (unpaired) electrons. The molecule has 0 atom stereocenters. The maximum atomic E-state index is 4.34. The number of nitrogens with one attached hydrogen (secondary N) is 1. The first-order chi connectivity index (χ1) is 9.31. The molecule has 1 aliphatic carbocycles. The van der Waals surface area contributed by atoms with Gasteiger partial charge in [0.2, 0.25) is 0 Å². The van der Waals surface area contributed by atoms with Crippen LogP contribution in [0.2, 0.25) is 0 Å². The first-order valence-electron chi connectivity index (χ1n) is 6.42. The van der Waals surface area contributed by atoms with Crippen LogP contribution in [-0.4, -0.2) is 11.0 Å². The maximum Gasteiger partial charge on any atom is 0.101 e. The Balaban J connectivity index is 1.68. The number of pyridine rings is 1. The van der Waals surface area contributed by atoms with Gasteiger partial charge in [-0.3, -0.25) is 0 Å². The topological polar surface area (TPSA) is 24.9 Å². The molecule has 0 bridgehead atoms. The van der Waals surface area contributed by atoms with Gasteiger partial charge in [0, 0.05) is 28.2 Å². The van der Waals surface area contributed by atoms with E-state index >= 15 is 0 Å². The molecule has 4 heteroatoms. The van der Waals surface area contributed by atoms with Crippen molar-refractivity contribution >= 4 is 27.7 Å². The van der Waals surface area contributed by atoms with Gasteiger partial charge in [-0.15, -0.1) is 0 Å². The van der Waals surface area contributed by atoms with Gasteiger partial charge in [0.1, 0.15) is 5.03 Å². The average molecular weight is 335 g/mol. The van der Waals surface area contributed by atoms with Crippen molar-refractivity contribution in [3.8, 4) is 0 Å². The largest absolute Gasteiger partial charge is 0.310 e. The zero-order valence-electron chi connectivity index (χ0n) is 10.5. The van der Waals surface area contributed by atoms with E-state index in [4.69, 9.17) is 0 Å². The first kappa shape index (κ1) is 13.2. The van der Waals surface area contributed by atoms with Crippen molar-refractivity contribution < 1.29 is 0 Å². The highest BCUT2D eigenvalue weighted by Gasteiger charge is 2.19. The standard InChI is InChI=1S/C15H15BrN2S/c16-13-9-11(10-18-12-5-6-12)4-7-14(13)19-15-3-1-2-8-17-15/h1-4,7-9,12,18H,5-6,10H2. The van der Waals surface area contributed by atoms with Gasteiger partial charge < -0.3 is 5.32 Å². The highest BCUT2D eigenvalue weighted by Crippen LogP contribution is 2.33. The molecule has 1 aromatic carbocycles. The fourth-order valence-electron chi connectivity index (χ4n) is 1.81. The molecule has 1 saturated carbocycles. The maximum absolute atomic E-state index is 4.34. The number of hydrogen-bond acceptors (Lipinski definition) is 3. The summed E-state index contributed by atoms with van der Waals surface area (Å²) < 4.78 is 1.14. The predicted molar refractivity (Wildman–Crippen MR) is 82.4 cm³/mol. The van der Waals surface area contributed by atoms with Crippen molar-refractivity contribution in [1.29, 1.82) is 0 Å². The summed E-state index contributed by atoms with van der Waals surface area (Å²) in [6.45, 7) is 0.956. The molecule has 2 aromatic rings. The van der Waals surface area contributed by atoms with Crippen LogP contribution < -0.4 is 5.32 Å². The van der Waals surface area contributed by atoms with E-state index in [1.165, 1.54) is 23.3 Å². The Labute approximate surface area is 126 Å². The highest BCUT2D eigenvalue weighted by atomic mass is 79.9. The summed E-state index contributed by atoms with van der Waals surface area (Å²) in [6.07, 6.45) is 4.48. The minimum atomic E-state index is 0.751. The molecule has 19 heavy (non-hydrogen) atoms. The van der Waals surface area contributed by atoms with Gasteiger partial charge in [-0.2, -0.15) is 0 Å². The third kappa shape index (κ3) is 3.81. The Bertz CT molecular complexity index is 555. The summed E-state index contributed by atoms with van der Waals surface area (Å²) in [5.41, 5.74) is 1.32. The van der Waals surface area contributed by atoms with Crippen molar-refractivity contribution in [1.82, 2.24) is 10.3 Å².